The van der Waals surface area contributed by atoms with Gasteiger partial charge in [0, 0.05) is 0 Å². The monoisotopic (exact) mass is 265 g/mol. The van der Waals surface area contributed by atoms with Crippen molar-refractivity contribution in [3.63, 3.8) is 0 Å². The molecule has 0 radical (unpaired) electrons. The van der Waals surface area contributed by atoms with Crippen molar-refractivity contribution in [2.45, 2.75) is 26.7 Å². The molecule has 0 aromatic rings. The second-order valence-corrected chi connectivity index (χ2v) is 9.13. The molecule has 0 nitrogen and oxygen atoms in total. The van der Waals surface area contributed by atoms with Gasteiger partial charge in [0.15, 0.2) is 0 Å². The first-order valence-electron chi connectivity index (χ1n) is 1.90. The average molecular weight is 266 g/mol. The molecule has 1 rings (SSSR count). The Morgan fingerprint density at radius 3 is 1.00 bits per heavy atom. The van der Waals surface area contributed by atoms with E-state index < -0.39 is 13.0 Å². The molecule has 55 valence electrons. The SMILES string of the molecule is C.C1CC1.[Cl][Ru]([Cl])[Cl]. The molecular weight excluding hydrogens is 255 g/mol. The summed E-state index contributed by atoms with van der Waals surface area (Å²) in [4.78, 5) is 0. The van der Waals surface area contributed by atoms with Gasteiger partial charge in [0.1, 0.15) is 0 Å². The number of rotatable bonds is 0. The zero-order valence-electron chi connectivity index (χ0n) is 3.61. The molecule has 0 heterocycles. The first-order chi connectivity index (χ1) is 3.23. The zero-order valence-corrected chi connectivity index (χ0v) is 7.61. The van der Waals surface area contributed by atoms with Gasteiger partial charge in [-0.2, -0.15) is 0 Å². The van der Waals surface area contributed by atoms with Crippen LogP contribution in [0, 0.1) is 0 Å². The van der Waals surface area contributed by atoms with E-state index in [1.165, 1.54) is 19.3 Å². The Morgan fingerprint density at radius 2 is 1.00 bits per heavy atom. The first-order valence-corrected chi connectivity index (χ1v) is 8.62. The van der Waals surface area contributed by atoms with Crippen LogP contribution in [-0.2, 0) is 13.0 Å². The molecule has 0 N–H and O–H groups in total. The minimum absolute atomic E-state index is 0. The third-order valence-corrected chi connectivity index (χ3v) is 0.354. The van der Waals surface area contributed by atoms with Crippen molar-refractivity contribution in [3.8, 4) is 0 Å². The van der Waals surface area contributed by atoms with Crippen LogP contribution < -0.4 is 0 Å². The Morgan fingerprint density at radius 1 is 0.875 bits per heavy atom. The van der Waals surface area contributed by atoms with Gasteiger partial charge in [0.2, 0.25) is 0 Å². The van der Waals surface area contributed by atoms with Gasteiger partial charge in [0.25, 0.3) is 0 Å². The molecule has 0 bridgehead atoms. The van der Waals surface area contributed by atoms with Crippen LogP contribution in [0.25, 0.3) is 0 Å². The molecular formula is C4H10Cl3Ru. The van der Waals surface area contributed by atoms with E-state index >= 15 is 0 Å². The van der Waals surface area contributed by atoms with Gasteiger partial charge in [0.05, 0.1) is 0 Å². The predicted molar refractivity (Wildman–Crippen MR) is 38.1 cm³/mol. The van der Waals surface area contributed by atoms with Gasteiger partial charge in [-0.25, -0.2) is 0 Å². The molecule has 1 saturated carbocycles. The molecule has 0 spiro atoms. The molecule has 0 saturated heterocycles. The fourth-order valence-corrected chi connectivity index (χ4v) is 0. The summed E-state index contributed by atoms with van der Waals surface area (Å²) in [6.07, 6.45) is 4.50. The van der Waals surface area contributed by atoms with Gasteiger partial charge in [-0.15, -0.1) is 0 Å². The van der Waals surface area contributed by atoms with Crippen LogP contribution >= 0.6 is 29.1 Å². The Labute approximate surface area is 68.5 Å². The van der Waals surface area contributed by atoms with Crippen LogP contribution in [0.5, 0.6) is 0 Å². The van der Waals surface area contributed by atoms with Gasteiger partial charge in [-0.1, -0.05) is 26.7 Å². The van der Waals surface area contributed by atoms with Crippen LogP contribution in [0.1, 0.15) is 26.7 Å². The predicted octanol–water partition coefficient (Wildman–Crippen LogP) is 3.87. The molecule has 4 heteroatoms. The van der Waals surface area contributed by atoms with E-state index in [9.17, 15) is 0 Å². The molecule has 0 atom stereocenters. The van der Waals surface area contributed by atoms with Crippen molar-refractivity contribution in [2.24, 2.45) is 0 Å². The van der Waals surface area contributed by atoms with Gasteiger partial charge in [-0.3, -0.25) is 0 Å². The van der Waals surface area contributed by atoms with Crippen molar-refractivity contribution in [1.29, 1.82) is 0 Å². The fraction of sp³-hybridized carbons (Fsp3) is 1.00. The van der Waals surface area contributed by atoms with Crippen molar-refractivity contribution >= 4 is 29.1 Å². The van der Waals surface area contributed by atoms with Gasteiger partial charge in [-0.05, 0) is 0 Å². The van der Waals surface area contributed by atoms with Crippen LogP contribution in [0.2, 0.25) is 0 Å². The van der Waals surface area contributed by atoms with E-state index in [2.05, 4.69) is 0 Å². The minimum atomic E-state index is -1.75. The van der Waals surface area contributed by atoms with Crippen molar-refractivity contribution < 1.29 is 13.0 Å². The van der Waals surface area contributed by atoms with E-state index in [4.69, 9.17) is 29.1 Å². The first kappa shape index (κ1) is 12.2. The van der Waals surface area contributed by atoms with Crippen LogP contribution in [0.15, 0.2) is 0 Å². The average Bonchev–Trinajstić information content (AvgIpc) is 2.02. The molecule has 1 fully saturated rings. The second-order valence-electron chi connectivity index (χ2n) is 1.21. The topological polar surface area (TPSA) is 0 Å². The van der Waals surface area contributed by atoms with Gasteiger partial charge >= 0.3 is 42.1 Å². The summed E-state index contributed by atoms with van der Waals surface area (Å²) in [6.45, 7) is 0. The summed E-state index contributed by atoms with van der Waals surface area (Å²) >= 11 is -1.75. The third-order valence-electron chi connectivity index (χ3n) is 0.354. The summed E-state index contributed by atoms with van der Waals surface area (Å²) < 4.78 is 0. The molecule has 0 unspecified atom stereocenters. The summed E-state index contributed by atoms with van der Waals surface area (Å²) in [5.41, 5.74) is 0. The summed E-state index contributed by atoms with van der Waals surface area (Å²) in [7, 11) is 14.8. The maximum absolute atomic E-state index is 4.95. The number of hydrogen-bond donors (Lipinski definition) is 0. The molecule has 0 aromatic heterocycles. The van der Waals surface area contributed by atoms with E-state index in [1.807, 2.05) is 0 Å². The van der Waals surface area contributed by atoms with Crippen LogP contribution in [0.4, 0.5) is 0 Å². The molecule has 0 amide bonds. The van der Waals surface area contributed by atoms with Crippen molar-refractivity contribution in [2.75, 3.05) is 0 Å². The normalized spacial score (nSPS) is 14.6. The maximum atomic E-state index is 4.95. The van der Waals surface area contributed by atoms with E-state index in [-0.39, 0.29) is 7.43 Å². The Balaban J connectivity index is 0. The quantitative estimate of drug-likeness (QED) is 0.583. The molecule has 1 aliphatic rings. The van der Waals surface area contributed by atoms with Gasteiger partial charge < -0.3 is 0 Å². The van der Waals surface area contributed by atoms with E-state index in [0.717, 1.165) is 0 Å². The third kappa shape index (κ3) is 50.8. The Hall–Kier alpha value is 1.49. The second kappa shape index (κ2) is 8.49. The van der Waals surface area contributed by atoms with Crippen molar-refractivity contribution in [3.05, 3.63) is 0 Å². The standard InChI is InChI=1S/C3H6.CH4.3ClH.Ru/c1-2-3-1;;;;;/h1-3H2;1H4;3*1H;/q;;;;;+3/p-3. The molecule has 0 aromatic carbocycles. The Kier molecular flexibility index (Phi) is 12.9. The Bertz CT molecular complexity index is 32.8. The number of hydrogen-bond acceptors (Lipinski definition) is 0. The summed E-state index contributed by atoms with van der Waals surface area (Å²) in [6, 6.07) is 0. The molecule has 1 aliphatic carbocycles. The van der Waals surface area contributed by atoms with E-state index in [1.54, 1.807) is 0 Å². The summed E-state index contributed by atoms with van der Waals surface area (Å²) in [5.74, 6) is 0. The van der Waals surface area contributed by atoms with E-state index in [0.29, 0.717) is 0 Å². The van der Waals surface area contributed by atoms with Crippen LogP contribution in [0.3, 0.4) is 0 Å². The summed E-state index contributed by atoms with van der Waals surface area (Å²) in [5, 5.41) is 0. The molecule has 0 aliphatic heterocycles. The zero-order chi connectivity index (χ0) is 5.70. The molecule has 8 heavy (non-hydrogen) atoms. The number of halogens is 3. The van der Waals surface area contributed by atoms with Crippen molar-refractivity contribution in [1.82, 2.24) is 0 Å². The van der Waals surface area contributed by atoms with Crippen LogP contribution in [-0.4, -0.2) is 0 Å². The fourth-order valence-electron chi connectivity index (χ4n) is 0.